The third-order valence-corrected chi connectivity index (χ3v) is 7.63. The molecule has 0 bridgehead atoms. The van der Waals surface area contributed by atoms with Crippen molar-refractivity contribution in [3.8, 4) is 23.3 Å². The Morgan fingerprint density at radius 1 is 1.12 bits per heavy atom. The number of pyridine rings is 1. The summed E-state index contributed by atoms with van der Waals surface area (Å²) in [6.45, 7) is 2.48. The summed E-state index contributed by atoms with van der Waals surface area (Å²) in [6, 6.07) is 19.1. The van der Waals surface area contributed by atoms with Crippen LogP contribution in [0.2, 0.25) is 0 Å². The van der Waals surface area contributed by atoms with Gasteiger partial charge in [-0.25, -0.2) is 9.88 Å². The van der Waals surface area contributed by atoms with Crippen LogP contribution in [0.3, 0.4) is 0 Å². The van der Waals surface area contributed by atoms with Gasteiger partial charge in [-0.1, -0.05) is 59.8 Å². The molecule has 2 N–H and O–H groups in total. The van der Waals surface area contributed by atoms with Crippen LogP contribution in [0.4, 0.5) is 11.5 Å². The number of rotatable bonds is 10. The highest BCUT2D eigenvalue weighted by Crippen LogP contribution is 2.36. The molecule has 0 aliphatic carbocycles. The summed E-state index contributed by atoms with van der Waals surface area (Å²) in [5.41, 5.74) is 8.77. The van der Waals surface area contributed by atoms with Crippen LogP contribution >= 0.6 is 11.8 Å². The van der Waals surface area contributed by atoms with E-state index in [2.05, 4.69) is 11.1 Å². The summed E-state index contributed by atoms with van der Waals surface area (Å²) in [7, 11) is 1.54. The van der Waals surface area contributed by atoms with E-state index >= 15 is 0 Å². The largest absolute Gasteiger partial charge is 0.385 e. The van der Waals surface area contributed by atoms with Crippen molar-refractivity contribution < 1.29 is 19.1 Å². The molecule has 208 valence electrons. The Hall–Kier alpha value is -4.71. The lowest BCUT2D eigenvalue weighted by Crippen LogP contribution is -2.47. The molecule has 2 aromatic carbocycles. The van der Waals surface area contributed by atoms with Crippen LogP contribution < -0.4 is 10.6 Å². The number of hydrogen-bond acceptors (Lipinski definition) is 9. The van der Waals surface area contributed by atoms with Crippen molar-refractivity contribution in [3.05, 3.63) is 71.3 Å². The molecule has 1 unspecified atom stereocenters. The molecule has 1 aliphatic rings. The number of aryl methyl sites for hydroxylation is 1. The Balaban J connectivity index is 1.62. The number of benzene rings is 2. The van der Waals surface area contributed by atoms with Crippen LogP contribution in [0.1, 0.15) is 29.5 Å². The van der Waals surface area contributed by atoms with Gasteiger partial charge in [-0.2, -0.15) is 10.5 Å². The molecule has 1 saturated heterocycles. The molecule has 3 aromatic rings. The standard InChI is InChI=1S/C30H28N6O4S/c1-19-9-11-20(12-10-19)27-22(16-31)28(33)34-29(23(27)17-32)41-18-26(38)35(13-6-14-40-2)24-15-25(37)36(30(24)39)21-7-4-3-5-8-21/h3-5,7-12,24H,6,13-15,18H2,1-2H3,(H2,33,34). The minimum Gasteiger partial charge on any atom is -0.385 e. The fourth-order valence-electron chi connectivity index (χ4n) is 4.67. The molecule has 1 fully saturated rings. The fraction of sp³-hybridized carbons (Fsp3) is 0.267. The van der Waals surface area contributed by atoms with E-state index in [0.29, 0.717) is 29.8 Å². The number of methoxy groups -OCH3 is 1. The highest BCUT2D eigenvalue weighted by Gasteiger charge is 2.44. The zero-order valence-electron chi connectivity index (χ0n) is 22.7. The number of ether oxygens (including phenoxy) is 1. The van der Waals surface area contributed by atoms with Gasteiger partial charge in [-0.15, -0.1) is 0 Å². The Bertz CT molecular complexity index is 1550. The number of para-hydroxylation sites is 1. The second-order valence-corrected chi connectivity index (χ2v) is 10.3. The summed E-state index contributed by atoms with van der Waals surface area (Å²) in [5, 5.41) is 20.0. The molecule has 3 amide bonds. The van der Waals surface area contributed by atoms with Crippen molar-refractivity contribution in [3.63, 3.8) is 0 Å². The van der Waals surface area contributed by atoms with Crippen LogP contribution in [0.15, 0.2) is 59.6 Å². The SMILES string of the molecule is COCCCN(C(=O)CSc1nc(N)c(C#N)c(-c2ccc(C)cc2)c1C#N)C1CC(=O)N(c2ccccc2)C1=O. The molecular formula is C30H28N6O4S. The molecule has 0 saturated carbocycles. The predicted molar refractivity (Wildman–Crippen MR) is 155 cm³/mol. The zero-order chi connectivity index (χ0) is 29.5. The Morgan fingerprint density at radius 2 is 1.80 bits per heavy atom. The van der Waals surface area contributed by atoms with E-state index in [1.165, 1.54) is 4.90 Å². The highest BCUT2D eigenvalue weighted by molar-refractivity contribution is 8.00. The molecule has 0 radical (unpaired) electrons. The van der Waals surface area contributed by atoms with Gasteiger partial charge < -0.3 is 15.4 Å². The molecule has 1 aromatic heterocycles. The van der Waals surface area contributed by atoms with Crippen LogP contribution in [0.5, 0.6) is 0 Å². The topological polar surface area (TPSA) is 153 Å². The zero-order valence-corrected chi connectivity index (χ0v) is 23.5. The van der Waals surface area contributed by atoms with Gasteiger partial charge in [0.05, 0.1) is 23.4 Å². The van der Waals surface area contributed by atoms with E-state index < -0.39 is 17.9 Å². The molecule has 1 atom stereocenters. The first-order valence-electron chi connectivity index (χ1n) is 12.8. The van der Waals surface area contributed by atoms with Crippen molar-refractivity contribution in [2.24, 2.45) is 0 Å². The van der Waals surface area contributed by atoms with Gasteiger partial charge in [0.15, 0.2) is 0 Å². The second kappa shape index (κ2) is 13.1. The van der Waals surface area contributed by atoms with E-state index in [0.717, 1.165) is 22.2 Å². The number of amides is 3. The van der Waals surface area contributed by atoms with E-state index in [1.807, 2.05) is 25.1 Å². The smallest absolute Gasteiger partial charge is 0.257 e. The maximum atomic E-state index is 13.6. The van der Waals surface area contributed by atoms with Crippen LogP contribution in [0.25, 0.3) is 11.1 Å². The molecule has 41 heavy (non-hydrogen) atoms. The molecule has 0 spiro atoms. The van der Waals surface area contributed by atoms with Gasteiger partial charge in [0, 0.05) is 25.8 Å². The third-order valence-electron chi connectivity index (χ3n) is 6.67. The molecular weight excluding hydrogens is 540 g/mol. The summed E-state index contributed by atoms with van der Waals surface area (Å²) in [4.78, 5) is 46.6. The van der Waals surface area contributed by atoms with E-state index in [1.54, 1.807) is 49.6 Å². The summed E-state index contributed by atoms with van der Waals surface area (Å²) in [5.74, 6) is -1.49. The lowest BCUT2D eigenvalue weighted by Gasteiger charge is -2.27. The first-order valence-corrected chi connectivity index (χ1v) is 13.8. The molecule has 4 rings (SSSR count). The monoisotopic (exact) mass is 568 g/mol. The quantitative estimate of drug-likeness (QED) is 0.219. The Labute approximate surface area is 242 Å². The molecule has 1 aliphatic heterocycles. The van der Waals surface area contributed by atoms with Crippen molar-refractivity contribution in [2.45, 2.75) is 30.8 Å². The lowest BCUT2D eigenvalue weighted by atomic mass is 9.96. The Morgan fingerprint density at radius 3 is 2.44 bits per heavy atom. The number of nitrogens with zero attached hydrogens (tertiary/aromatic N) is 5. The number of aromatic nitrogens is 1. The highest BCUT2D eigenvalue weighted by atomic mass is 32.2. The fourth-order valence-corrected chi connectivity index (χ4v) is 5.55. The number of hydrogen-bond donors (Lipinski definition) is 1. The van der Waals surface area contributed by atoms with E-state index in [-0.39, 0.29) is 46.6 Å². The predicted octanol–water partition coefficient (Wildman–Crippen LogP) is 3.67. The number of nitrogens with two attached hydrogens (primary N) is 1. The number of carbonyl (C=O) groups excluding carboxylic acids is 3. The number of nitriles is 2. The van der Waals surface area contributed by atoms with E-state index in [9.17, 15) is 24.9 Å². The lowest BCUT2D eigenvalue weighted by molar-refractivity contribution is -0.136. The number of thioether (sulfide) groups is 1. The van der Waals surface area contributed by atoms with Crippen molar-refractivity contribution in [1.29, 1.82) is 10.5 Å². The normalized spacial score (nSPS) is 14.5. The van der Waals surface area contributed by atoms with Gasteiger partial charge in [0.25, 0.3) is 5.91 Å². The Kier molecular flexibility index (Phi) is 9.35. The minimum absolute atomic E-state index is 0.0518. The van der Waals surface area contributed by atoms with Crippen LogP contribution in [-0.4, -0.2) is 59.7 Å². The molecule has 2 heterocycles. The average molecular weight is 569 g/mol. The first kappa shape index (κ1) is 29.3. The minimum atomic E-state index is -0.967. The van der Waals surface area contributed by atoms with Gasteiger partial charge in [-0.3, -0.25) is 14.4 Å². The van der Waals surface area contributed by atoms with Crippen molar-refractivity contribution in [2.75, 3.05) is 36.6 Å². The first-order chi connectivity index (χ1) is 19.8. The van der Waals surface area contributed by atoms with Gasteiger partial charge in [0.1, 0.15) is 34.6 Å². The van der Waals surface area contributed by atoms with Gasteiger partial charge in [-0.05, 0) is 31.0 Å². The summed E-state index contributed by atoms with van der Waals surface area (Å²) >= 11 is 0.995. The molecule has 10 nitrogen and oxygen atoms in total. The third kappa shape index (κ3) is 6.22. The van der Waals surface area contributed by atoms with Crippen LogP contribution in [0, 0.1) is 29.6 Å². The van der Waals surface area contributed by atoms with E-state index in [4.69, 9.17) is 10.5 Å². The number of imide groups is 1. The second-order valence-electron chi connectivity index (χ2n) is 9.36. The van der Waals surface area contributed by atoms with Crippen molar-refractivity contribution in [1.82, 2.24) is 9.88 Å². The van der Waals surface area contributed by atoms with Crippen LogP contribution in [-0.2, 0) is 19.1 Å². The summed E-state index contributed by atoms with van der Waals surface area (Å²) in [6.07, 6.45) is 0.319. The van der Waals surface area contributed by atoms with Gasteiger partial charge in [0.2, 0.25) is 11.8 Å². The number of anilines is 2. The number of nitrogen functional groups attached to an aromatic ring is 1. The van der Waals surface area contributed by atoms with Gasteiger partial charge >= 0.3 is 0 Å². The summed E-state index contributed by atoms with van der Waals surface area (Å²) < 4.78 is 5.14. The molecule has 11 heteroatoms. The maximum Gasteiger partial charge on any atom is 0.257 e. The number of carbonyl (C=O) groups is 3. The van der Waals surface area contributed by atoms with Crippen molar-refractivity contribution >= 4 is 41.0 Å². The average Bonchev–Trinajstić information content (AvgIpc) is 3.27. The maximum absolute atomic E-state index is 13.6.